The fourth-order valence-corrected chi connectivity index (χ4v) is 4.05. The van der Waals surface area contributed by atoms with Crippen molar-refractivity contribution in [2.75, 3.05) is 5.73 Å². The molecule has 0 aliphatic heterocycles. The molecule has 0 bridgehead atoms. The number of benzene rings is 2. The number of hydrogen-bond acceptors (Lipinski definition) is 6. The van der Waals surface area contributed by atoms with Crippen LogP contribution in [0.5, 0.6) is 5.75 Å². The van der Waals surface area contributed by atoms with E-state index < -0.39 is 29.0 Å². The molecule has 0 aliphatic carbocycles. The van der Waals surface area contributed by atoms with Gasteiger partial charge in [-0.15, -0.1) is 0 Å². The average Bonchev–Trinajstić information content (AvgIpc) is 3.22. The number of nitrogens with zero attached hydrogens (tertiary/aromatic N) is 1. The van der Waals surface area contributed by atoms with Gasteiger partial charge in [-0.2, -0.15) is 0 Å². The van der Waals surface area contributed by atoms with Crippen molar-refractivity contribution >= 4 is 39.7 Å². The quantitative estimate of drug-likeness (QED) is 0.276. The Morgan fingerprint density at radius 3 is 2.82 bits per heavy atom. The monoisotopic (exact) mass is 492 g/mol. The van der Waals surface area contributed by atoms with Gasteiger partial charge in [-0.25, -0.2) is 18.5 Å². The van der Waals surface area contributed by atoms with E-state index in [2.05, 4.69) is 9.71 Å². The lowest BCUT2D eigenvalue weighted by Crippen LogP contribution is -2.15. The Balaban J connectivity index is 1.72. The molecule has 2 aromatic carbocycles. The molecule has 11 heteroatoms. The standard InChI is InChI=1S/C22H18ClF2N3O4S/c1-11(18-16(24)5-6-17(25)19(18)23)32-21-20-14(9-27-22(21)26)15(10-31-20)13-4-2-3-12(7-13)8-28-33(29)30/h2-7,9-11,28H,8H2,1H3,(H2,26,27)(H,29,30)/p-1/t11-/m1/s1. The zero-order valence-electron chi connectivity index (χ0n) is 17.1. The van der Waals surface area contributed by atoms with Gasteiger partial charge in [0.15, 0.2) is 11.4 Å². The molecule has 7 nitrogen and oxygen atoms in total. The first-order valence-corrected chi connectivity index (χ1v) is 11.1. The molecular formula is C22H17ClF2N3O4S-. The molecule has 0 amide bonds. The van der Waals surface area contributed by atoms with Crippen LogP contribution < -0.4 is 15.2 Å². The molecule has 0 saturated heterocycles. The van der Waals surface area contributed by atoms with Crippen LogP contribution in [0.25, 0.3) is 22.1 Å². The number of furan rings is 1. The second-order valence-electron chi connectivity index (χ2n) is 7.14. The smallest absolute Gasteiger partial charge is 0.205 e. The van der Waals surface area contributed by atoms with Crippen LogP contribution in [-0.4, -0.2) is 13.7 Å². The van der Waals surface area contributed by atoms with Crippen molar-refractivity contribution in [3.63, 3.8) is 0 Å². The molecule has 4 rings (SSSR count). The summed E-state index contributed by atoms with van der Waals surface area (Å²) in [5.41, 5.74) is 8.24. The largest absolute Gasteiger partial charge is 0.760 e. The highest BCUT2D eigenvalue weighted by Crippen LogP contribution is 2.40. The van der Waals surface area contributed by atoms with E-state index in [0.29, 0.717) is 10.9 Å². The number of pyridine rings is 1. The number of nitrogens with two attached hydrogens (primary N) is 1. The number of fused-ring (bicyclic) bond motifs is 1. The summed E-state index contributed by atoms with van der Waals surface area (Å²) in [4.78, 5) is 4.15. The number of ether oxygens (including phenoxy) is 1. The topological polar surface area (TPSA) is 113 Å². The molecule has 3 N–H and O–H groups in total. The van der Waals surface area contributed by atoms with E-state index in [1.165, 1.54) is 19.4 Å². The van der Waals surface area contributed by atoms with Gasteiger partial charge in [-0.1, -0.05) is 29.8 Å². The van der Waals surface area contributed by atoms with Crippen molar-refractivity contribution in [2.24, 2.45) is 0 Å². The maximum Gasteiger partial charge on any atom is 0.205 e. The lowest BCUT2D eigenvalue weighted by Gasteiger charge is -2.18. The third-order valence-corrected chi connectivity index (χ3v) is 5.78. The summed E-state index contributed by atoms with van der Waals surface area (Å²) in [5.74, 6) is -1.44. The third-order valence-electron chi connectivity index (χ3n) is 5.01. The number of halogens is 3. The Labute approximate surface area is 194 Å². The Morgan fingerprint density at radius 2 is 2.06 bits per heavy atom. The minimum Gasteiger partial charge on any atom is -0.760 e. The van der Waals surface area contributed by atoms with Crippen LogP contribution in [0.3, 0.4) is 0 Å². The molecule has 4 aromatic rings. The summed E-state index contributed by atoms with van der Waals surface area (Å²) in [6.45, 7) is 1.62. The van der Waals surface area contributed by atoms with Crippen molar-refractivity contribution in [3.8, 4) is 16.9 Å². The van der Waals surface area contributed by atoms with E-state index in [1.807, 2.05) is 6.07 Å². The summed E-state index contributed by atoms with van der Waals surface area (Å²) in [7, 11) is 0. The van der Waals surface area contributed by atoms with E-state index >= 15 is 0 Å². The van der Waals surface area contributed by atoms with Crippen LogP contribution in [0.4, 0.5) is 14.6 Å². The van der Waals surface area contributed by atoms with E-state index in [1.54, 1.807) is 18.2 Å². The fraction of sp³-hybridized carbons (Fsp3) is 0.136. The third kappa shape index (κ3) is 4.69. The Kier molecular flexibility index (Phi) is 6.61. The Morgan fingerprint density at radius 1 is 1.30 bits per heavy atom. The van der Waals surface area contributed by atoms with E-state index in [9.17, 15) is 17.5 Å². The zero-order valence-corrected chi connectivity index (χ0v) is 18.7. The summed E-state index contributed by atoms with van der Waals surface area (Å²) in [6.07, 6.45) is 1.99. The number of rotatable bonds is 7. The van der Waals surface area contributed by atoms with E-state index in [0.717, 1.165) is 23.3 Å². The summed E-state index contributed by atoms with van der Waals surface area (Å²) >= 11 is 3.57. The Bertz CT molecular complexity index is 1370. The summed E-state index contributed by atoms with van der Waals surface area (Å²) < 4.78 is 63.6. The predicted molar refractivity (Wildman–Crippen MR) is 120 cm³/mol. The molecule has 0 saturated carbocycles. The van der Waals surface area contributed by atoms with Crippen LogP contribution in [0.15, 0.2) is 53.3 Å². The molecular weight excluding hydrogens is 476 g/mol. The summed E-state index contributed by atoms with van der Waals surface area (Å²) in [6, 6.07) is 9.07. The second kappa shape index (κ2) is 9.44. The molecule has 2 heterocycles. The lowest BCUT2D eigenvalue weighted by atomic mass is 10.0. The van der Waals surface area contributed by atoms with Gasteiger partial charge < -0.3 is 19.4 Å². The van der Waals surface area contributed by atoms with Gasteiger partial charge in [-0.05, 0) is 36.2 Å². The van der Waals surface area contributed by atoms with Crippen molar-refractivity contribution in [1.82, 2.24) is 9.71 Å². The second-order valence-corrected chi connectivity index (χ2v) is 8.27. The van der Waals surface area contributed by atoms with Gasteiger partial charge >= 0.3 is 0 Å². The highest BCUT2D eigenvalue weighted by molar-refractivity contribution is 7.77. The molecule has 0 fully saturated rings. The first-order chi connectivity index (χ1) is 15.8. The van der Waals surface area contributed by atoms with Crippen LogP contribution >= 0.6 is 11.6 Å². The molecule has 172 valence electrons. The van der Waals surface area contributed by atoms with Crippen LogP contribution in [0.2, 0.25) is 5.02 Å². The van der Waals surface area contributed by atoms with Crippen molar-refractivity contribution in [3.05, 3.63) is 76.6 Å². The lowest BCUT2D eigenvalue weighted by molar-refractivity contribution is 0.221. The first-order valence-electron chi connectivity index (χ1n) is 9.64. The molecule has 2 atom stereocenters. The van der Waals surface area contributed by atoms with Crippen molar-refractivity contribution < 1.29 is 26.7 Å². The van der Waals surface area contributed by atoms with Crippen LogP contribution in [0.1, 0.15) is 24.2 Å². The number of nitrogen functional groups attached to an aromatic ring is 1. The minimum atomic E-state index is -2.38. The molecule has 0 radical (unpaired) electrons. The van der Waals surface area contributed by atoms with Gasteiger partial charge in [0, 0.05) is 35.1 Å². The van der Waals surface area contributed by atoms with Crippen molar-refractivity contribution in [2.45, 2.75) is 19.6 Å². The van der Waals surface area contributed by atoms with E-state index in [4.69, 9.17) is 26.5 Å². The maximum absolute atomic E-state index is 14.3. The number of hydrogen-bond donors (Lipinski definition) is 2. The van der Waals surface area contributed by atoms with Gasteiger partial charge in [0.25, 0.3) is 0 Å². The number of anilines is 1. The highest BCUT2D eigenvalue weighted by atomic mass is 35.5. The molecule has 2 aromatic heterocycles. The first kappa shape index (κ1) is 23.1. The average molecular weight is 493 g/mol. The van der Waals surface area contributed by atoms with E-state index in [-0.39, 0.29) is 34.3 Å². The Hall–Kier alpha value is -3.05. The van der Waals surface area contributed by atoms with Crippen LogP contribution in [-0.2, 0) is 17.8 Å². The van der Waals surface area contributed by atoms with Crippen LogP contribution in [0, 0.1) is 11.6 Å². The van der Waals surface area contributed by atoms with Gasteiger partial charge in [0.2, 0.25) is 5.75 Å². The molecule has 0 aliphatic rings. The fourth-order valence-electron chi connectivity index (χ4n) is 3.46. The minimum absolute atomic E-state index is 0.000871. The van der Waals surface area contributed by atoms with Crippen molar-refractivity contribution in [1.29, 1.82) is 0 Å². The van der Waals surface area contributed by atoms with Gasteiger partial charge in [0.1, 0.15) is 17.7 Å². The molecule has 1 unspecified atom stereocenters. The maximum atomic E-state index is 14.3. The summed E-state index contributed by atoms with van der Waals surface area (Å²) in [5, 5.41) is 0.181. The highest BCUT2D eigenvalue weighted by Gasteiger charge is 2.23. The number of aromatic nitrogens is 1. The zero-order chi connectivity index (χ0) is 23.7. The normalized spacial score (nSPS) is 13.2. The van der Waals surface area contributed by atoms with Gasteiger partial charge in [0.05, 0.1) is 16.7 Å². The van der Waals surface area contributed by atoms with Gasteiger partial charge in [-0.3, -0.25) is 4.21 Å². The number of nitrogens with one attached hydrogen (secondary N) is 1. The molecule has 33 heavy (non-hydrogen) atoms. The predicted octanol–water partition coefficient (Wildman–Crippen LogP) is 5.03. The SMILES string of the molecule is C[C@@H](Oc1c(N)ncc2c(-c3cccc(CNS(=O)[O-])c3)coc12)c1c(F)ccc(F)c1Cl. The molecule has 0 spiro atoms.